The molecule has 6 nitrogen and oxygen atoms in total. The quantitative estimate of drug-likeness (QED) is 0.227. The molecule has 220 valence electrons. The number of alkyl halides is 4. The molecule has 2 N–H and O–H groups in total. The van der Waals surface area contributed by atoms with Crippen molar-refractivity contribution in [3.8, 4) is 0 Å². The number of rotatable bonds is 7. The lowest BCUT2D eigenvalue weighted by Gasteiger charge is -2.31. The van der Waals surface area contributed by atoms with E-state index in [1.807, 2.05) is 6.92 Å². The Bertz CT molecular complexity index is 1360. The van der Waals surface area contributed by atoms with Crippen LogP contribution in [0.3, 0.4) is 0 Å². The van der Waals surface area contributed by atoms with Crippen LogP contribution in [-0.2, 0) is 19.0 Å². The van der Waals surface area contributed by atoms with Gasteiger partial charge in [-0.3, -0.25) is 4.99 Å². The van der Waals surface area contributed by atoms with Crippen LogP contribution in [0, 0.1) is 6.92 Å². The fourth-order valence-electron chi connectivity index (χ4n) is 4.86. The number of aromatic nitrogens is 3. The van der Waals surface area contributed by atoms with E-state index >= 15 is 0 Å². The van der Waals surface area contributed by atoms with Crippen molar-refractivity contribution in [1.82, 2.24) is 15.0 Å². The van der Waals surface area contributed by atoms with Gasteiger partial charge in [0.05, 0.1) is 5.56 Å². The first-order valence-corrected chi connectivity index (χ1v) is 13.6. The van der Waals surface area contributed by atoms with E-state index in [1.54, 1.807) is 24.2 Å². The van der Waals surface area contributed by atoms with Gasteiger partial charge in [-0.05, 0) is 66.2 Å². The van der Waals surface area contributed by atoms with Gasteiger partial charge < -0.3 is 15.2 Å². The fourth-order valence-corrected chi connectivity index (χ4v) is 4.86. The predicted molar refractivity (Wildman–Crippen MR) is 159 cm³/mol. The van der Waals surface area contributed by atoms with Crippen molar-refractivity contribution in [3.05, 3.63) is 88.4 Å². The first kappa shape index (κ1) is 31.6. The highest BCUT2D eigenvalue weighted by Gasteiger charge is 2.32. The van der Waals surface area contributed by atoms with Crippen LogP contribution in [0.2, 0.25) is 0 Å². The molecule has 1 saturated heterocycles. The Morgan fingerprint density at radius 3 is 2.29 bits per heavy atom. The Labute approximate surface area is 239 Å². The van der Waals surface area contributed by atoms with E-state index in [0.29, 0.717) is 30.9 Å². The van der Waals surface area contributed by atoms with Gasteiger partial charge in [-0.25, -0.2) is 14.4 Å². The summed E-state index contributed by atoms with van der Waals surface area (Å²) in [7, 11) is 1.70. The molecule has 10 heteroatoms. The van der Waals surface area contributed by atoms with Crippen molar-refractivity contribution < 1.29 is 17.6 Å². The van der Waals surface area contributed by atoms with Gasteiger partial charge in [-0.15, -0.1) is 0 Å². The van der Waals surface area contributed by atoms with Crippen molar-refractivity contribution in [3.63, 3.8) is 0 Å². The topological polar surface area (TPSA) is 69.2 Å². The Hall–Kier alpha value is -3.95. The van der Waals surface area contributed by atoms with E-state index in [9.17, 15) is 17.6 Å². The van der Waals surface area contributed by atoms with Crippen LogP contribution >= 0.6 is 0 Å². The minimum atomic E-state index is -4.48. The summed E-state index contributed by atoms with van der Waals surface area (Å²) in [5, 5.41) is 2.61. The van der Waals surface area contributed by atoms with Crippen molar-refractivity contribution in [2.24, 2.45) is 4.99 Å². The normalized spacial score (nSPS) is 15.8. The van der Waals surface area contributed by atoms with E-state index in [4.69, 9.17) is 0 Å². The van der Waals surface area contributed by atoms with Gasteiger partial charge in [0.25, 0.3) is 0 Å². The number of aryl methyl sites for hydroxylation is 2. The number of hydrogen-bond acceptors (Lipinski definition) is 5. The van der Waals surface area contributed by atoms with E-state index in [-0.39, 0.29) is 5.95 Å². The largest absolute Gasteiger partial charge is 0.419 e. The monoisotopic (exact) mass is 570 g/mol. The summed E-state index contributed by atoms with van der Waals surface area (Å²) >= 11 is 0. The molecular formula is C31H38F4N6. The lowest BCUT2D eigenvalue weighted by Crippen LogP contribution is -2.37. The molecule has 41 heavy (non-hydrogen) atoms. The zero-order valence-electron chi connectivity index (χ0n) is 24.3. The van der Waals surface area contributed by atoms with Crippen molar-refractivity contribution >= 4 is 23.1 Å². The third-order valence-corrected chi connectivity index (χ3v) is 7.38. The summed E-state index contributed by atoms with van der Waals surface area (Å²) < 4.78 is 51.1. The molecule has 1 aliphatic rings. The fraction of sp³-hybridized carbons (Fsp3) is 0.387. The van der Waals surface area contributed by atoms with Crippen molar-refractivity contribution in [2.45, 2.75) is 53.1 Å². The molecule has 1 fully saturated rings. The number of nitrogens with zero attached hydrogens (tertiary/aromatic N) is 4. The molecule has 2 aromatic heterocycles. The van der Waals surface area contributed by atoms with Crippen molar-refractivity contribution in [2.75, 3.05) is 37.2 Å². The summed E-state index contributed by atoms with van der Waals surface area (Å²) in [4.78, 5) is 16.9. The second kappa shape index (κ2) is 14.1. The van der Waals surface area contributed by atoms with Crippen molar-refractivity contribution in [1.29, 1.82) is 0 Å². The van der Waals surface area contributed by atoms with E-state index in [0.717, 1.165) is 47.7 Å². The Morgan fingerprint density at radius 1 is 1.12 bits per heavy atom. The molecule has 0 saturated carbocycles. The smallest absolute Gasteiger partial charge is 0.348 e. The summed E-state index contributed by atoms with van der Waals surface area (Å²) in [6.45, 7) is 12.9. The highest BCUT2D eigenvalue weighted by atomic mass is 19.4. The van der Waals surface area contributed by atoms with Crippen LogP contribution in [0.25, 0.3) is 5.57 Å². The van der Waals surface area contributed by atoms with Gasteiger partial charge in [-0.1, -0.05) is 38.6 Å². The third kappa shape index (κ3) is 7.62. The number of aromatic amines is 1. The number of halogens is 4. The van der Waals surface area contributed by atoms with Gasteiger partial charge in [0.15, 0.2) is 6.80 Å². The van der Waals surface area contributed by atoms with Gasteiger partial charge in [0.2, 0.25) is 5.95 Å². The minimum Gasteiger partial charge on any atom is -0.348 e. The average molecular weight is 571 g/mol. The molecule has 0 aliphatic carbocycles. The SMILES string of the molecule is C=C(/C(C)=C1\CN(c2ncc(C(F)(F)F)cn2)CCC1=NC)c1cc[nH]c1NCF.CCc1cccc(CC)c1C. The zero-order valence-corrected chi connectivity index (χ0v) is 24.3. The molecule has 1 aliphatic heterocycles. The predicted octanol–water partition coefficient (Wildman–Crippen LogP) is 7.59. The molecule has 0 bridgehead atoms. The minimum absolute atomic E-state index is 0.218. The van der Waals surface area contributed by atoms with E-state index in [2.05, 4.69) is 70.8 Å². The molecule has 0 atom stereocenters. The molecule has 3 aromatic rings. The average Bonchev–Trinajstić information content (AvgIpc) is 3.44. The molecule has 4 rings (SSSR count). The van der Waals surface area contributed by atoms with Gasteiger partial charge >= 0.3 is 6.18 Å². The third-order valence-electron chi connectivity index (χ3n) is 7.38. The molecule has 3 heterocycles. The highest BCUT2D eigenvalue weighted by molar-refractivity contribution is 6.05. The van der Waals surface area contributed by atoms with Crippen LogP contribution in [-0.4, -0.2) is 47.6 Å². The number of anilines is 2. The first-order chi connectivity index (χ1) is 19.5. The first-order valence-electron chi connectivity index (χ1n) is 13.6. The van der Waals surface area contributed by atoms with Crippen LogP contribution in [0.4, 0.5) is 29.3 Å². The number of allylic oxidation sites excluding steroid dienone is 2. The number of hydrogen-bond donors (Lipinski definition) is 2. The molecule has 0 spiro atoms. The molecule has 0 radical (unpaired) electrons. The summed E-state index contributed by atoms with van der Waals surface area (Å²) in [5.41, 5.74) is 7.63. The number of benzene rings is 1. The second-order valence-corrected chi connectivity index (χ2v) is 9.68. The number of piperidine rings is 1. The molecular weight excluding hydrogens is 532 g/mol. The van der Waals surface area contributed by atoms with Crippen LogP contribution in [0.5, 0.6) is 0 Å². The van der Waals surface area contributed by atoms with E-state index < -0.39 is 18.5 Å². The van der Waals surface area contributed by atoms with E-state index in [1.165, 1.54) is 16.7 Å². The standard InChI is InChI=1S/C20H22F4N6.C11H16/c1-12(15-4-6-26-18(15)29-11-21)13(2)16-10-30(7-5-17(16)25-3)19-27-8-14(9-28-19)20(22,23)24;1-4-10-7-6-8-11(5-2)9(10)3/h4,6,8-9,26,29H,1,5,7,10-11H2,2-3H3;6-8H,4-5H2,1-3H3/b16-13+,25-17?;. The summed E-state index contributed by atoms with van der Waals surface area (Å²) in [6, 6.07) is 8.39. The number of aliphatic imine (C=N–C) groups is 1. The van der Waals surface area contributed by atoms with Gasteiger partial charge in [0.1, 0.15) is 5.82 Å². The number of nitrogens with one attached hydrogen (secondary N) is 2. The van der Waals surface area contributed by atoms with Crippen LogP contribution in [0.15, 0.2) is 65.6 Å². The molecule has 0 amide bonds. The maximum absolute atomic E-state index is 12.8. The highest BCUT2D eigenvalue weighted by Crippen LogP contribution is 2.32. The Balaban J connectivity index is 0.000000352. The lowest BCUT2D eigenvalue weighted by atomic mass is 9.91. The van der Waals surface area contributed by atoms with Crippen LogP contribution in [0.1, 0.15) is 55.0 Å². The molecule has 1 aromatic carbocycles. The zero-order chi connectivity index (χ0) is 30.2. The maximum atomic E-state index is 12.8. The maximum Gasteiger partial charge on any atom is 0.419 e. The second-order valence-electron chi connectivity index (χ2n) is 9.68. The summed E-state index contributed by atoms with van der Waals surface area (Å²) in [6.07, 6.45) is 1.67. The van der Waals surface area contributed by atoms with Gasteiger partial charge in [-0.2, -0.15) is 13.2 Å². The van der Waals surface area contributed by atoms with Crippen LogP contribution < -0.4 is 10.2 Å². The van der Waals surface area contributed by atoms with Gasteiger partial charge in [0, 0.05) is 56.4 Å². The molecule has 0 unspecified atom stereocenters. The Morgan fingerprint density at radius 2 is 1.76 bits per heavy atom. The summed E-state index contributed by atoms with van der Waals surface area (Å²) in [5.74, 6) is 0.742. The lowest BCUT2D eigenvalue weighted by molar-refractivity contribution is -0.138. The Kier molecular flexibility index (Phi) is 10.9. The number of H-pyrrole nitrogens is 1.